The van der Waals surface area contributed by atoms with Crippen LogP contribution < -0.4 is 0 Å². The number of carbonyl (C=O) groups is 2. The Bertz CT molecular complexity index is 802. The first-order valence-electron chi connectivity index (χ1n) is 9.26. The molecule has 1 aromatic heterocycles. The van der Waals surface area contributed by atoms with E-state index in [1.165, 1.54) is 17.8 Å². The van der Waals surface area contributed by atoms with Gasteiger partial charge >= 0.3 is 5.97 Å². The molecule has 0 N–H and O–H groups in total. The fraction of sp³-hybridized carbons (Fsp3) is 0.450. The first-order chi connectivity index (χ1) is 13.1. The van der Waals surface area contributed by atoms with Gasteiger partial charge in [-0.2, -0.15) is 0 Å². The molecule has 5 nitrogen and oxygen atoms in total. The van der Waals surface area contributed by atoms with Crippen molar-refractivity contribution in [2.24, 2.45) is 0 Å². The number of aromatic nitrogens is 1. The summed E-state index contributed by atoms with van der Waals surface area (Å²) in [6.07, 6.45) is 5.43. The summed E-state index contributed by atoms with van der Waals surface area (Å²) in [5.74, 6) is -0.470. The van der Waals surface area contributed by atoms with Crippen LogP contribution in [0.1, 0.15) is 64.9 Å². The normalized spacial score (nSPS) is 14.7. The molecule has 27 heavy (non-hydrogen) atoms. The summed E-state index contributed by atoms with van der Waals surface area (Å²) in [6.45, 7) is 2.47. The predicted octanol–water partition coefficient (Wildman–Crippen LogP) is 4.95. The van der Waals surface area contributed by atoms with Crippen molar-refractivity contribution >= 4 is 34.8 Å². The van der Waals surface area contributed by atoms with Gasteiger partial charge in [0.1, 0.15) is 5.01 Å². The number of nitrogens with zero attached hydrogens (tertiary/aromatic N) is 2. The molecule has 1 aliphatic carbocycles. The quantitative estimate of drug-likeness (QED) is 0.637. The summed E-state index contributed by atoms with van der Waals surface area (Å²) in [4.78, 5) is 31.3. The summed E-state index contributed by atoms with van der Waals surface area (Å²) in [5.41, 5.74) is 0.880. The Labute approximate surface area is 168 Å². The number of amides is 1. The highest BCUT2D eigenvalue weighted by molar-refractivity contribution is 7.09. The van der Waals surface area contributed by atoms with E-state index in [4.69, 9.17) is 16.3 Å². The second-order valence-electron chi connectivity index (χ2n) is 6.58. The standard InChI is InChI=1S/C20H23ClN2O3S/c1-2-26-20(25)17-13-27-18(22-17)12-23(16-9-4-3-5-10-16)19(24)14-7-6-8-15(21)11-14/h6-8,11,13,16H,2-5,9-10,12H2,1H3. The number of halogens is 1. The minimum atomic E-state index is -0.426. The second-order valence-corrected chi connectivity index (χ2v) is 7.96. The molecule has 1 fully saturated rings. The molecule has 144 valence electrons. The van der Waals surface area contributed by atoms with Gasteiger partial charge in [-0.3, -0.25) is 4.79 Å². The average molecular weight is 407 g/mol. The Morgan fingerprint density at radius 3 is 2.78 bits per heavy atom. The maximum absolute atomic E-state index is 13.2. The molecule has 1 aromatic carbocycles. The van der Waals surface area contributed by atoms with E-state index in [1.807, 2.05) is 4.90 Å². The smallest absolute Gasteiger partial charge is 0.357 e. The summed E-state index contributed by atoms with van der Waals surface area (Å²) < 4.78 is 5.00. The monoisotopic (exact) mass is 406 g/mol. The third-order valence-electron chi connectivity index (χ3n) is 4.69. The van der Waals surface area contributed by atoms with Crippen LogP contribution in [-0.4, -0.2) is 34.4 Å². The molecule has 0 radical (unpaired) electrons. The molecule has 1 heterocycles. The fourth-order valence-electron chi connectivity index (χ4n) is 3.37. The first-order valence-corrected chi connectivity index (χ1v) is 10.5. The number of hydrogen-bond acceptors (Lipinski definition) is 5. The van der Waals surface area contributed by atoms with Gasteiger partial charge in [-0.15, -0.1) is 11.3 Å². The van der Waals surface area contributed by atoms with Gasteiger partial charge in [0.25, 0.3) is 5.91 Å². The van der Waals surface area contributed by atoms with Crippen LogP contribution in [0.3, 0.4) is 0 Å². The third kappa shape index (κ3) is 5.08. The van der Waals surface area contributed by atoms with Gasteiger partial charge < -0.3 is 9.64 Å². The summed E-state index contributed by atoms with van der Waals surface area (Å²) in [7, 11) is 0. The Hall–Kier alpha value is -1.92. The van der Waals surface area contributed by atoms with E-state index in [0.717, 1.165) is 30.7 Å². The van der Waals surface area contributed by atoms with Crippen molar-refractivity contribution < 1.29 is 14.3 Å². The van der Waals surface area contributed by atoms with Crippen molar-refractivity contribution in [2.75, 3.05) is 6.61 Å². The van der Waals surface area contributed by atoms with Crippen LogP contribution in [0.15, 0.2) is 29.6 Å². The molecule has 1 amide bonds. The lowest BCUT2D eigenvalue weighted by Crippen LogP contribution is -2.41. The number of hydrogen-bond donors (Lipinski definition) is 0. The molecule has 2 aromatic rings. The molecule has 0 saturated heterocycles. The molecule has 7 heteroatoms. The lowest BCUT2D eigenvalue weighted by Gasteiger charge is -2.34. The zero-order chi connectivity index (χ0) is 19.2. The van der Waals surface area contributed by atoms with Gasteiger partial charge in [-0.05, 0) is 38.0 Å². The van der Waals surface area contributed by atoms with Gasteiger partial charge in [-0.1, -0.05) is 36.9 Å². The van der Waals surface area contributed by atoms with Crippen LogP contribution in [-0.2, 0) is 11.3 Å². The van der Waals surface area contributed by atoms with Crippen LogP contribution in [0.25, 0.3) is 0 Å². The Morgan fingerprint density at radius 1 is 1.30 bits per heavy atom. The van der Waals surface area contributed by atoms with E-state index in [9.17, 15) is 9.59 Å². The van der Waals surface area contributed by atoms with Gasteiger partial charge in [0.15, 0.2) is 5.69 Å². The molecule has 0 atom stereocenters. The van der Waals surface area contributed by atoms with Crippen LogP contribution in [0.2, 0.25) is 5.02 Å². The van der Waals surface area contributed by atoms with Crippen molar-refractivity contribution in [1.82, 2.24) is 9.88 Å². The Morgan fingerprint density at radius 2 is 2.07 bits per heavy atom. The van der Waals surface area contributed by atoms with Crippen LogP contribution >= 0.6 is 22.9 Å². The van der Waals surface area contributed by atoms with Gasteiger partial charge in [-0.25, -0.2) is 9.78 Å². The van der Waals surface area contributed by atoms with E-state index < -0.39 is 5.97 Å². The number of thiazole rings is 1. The number of benzene rings is 1. The van der Waals surface area contributed by atoms with E-state index >= 15 is 0 Å². The van der Waals surface area contributed by atoms with Crippen LogP contribution in [0.4, 0.5) is 0 Å². The first kappa shape index (κ1) is 19.8. The molecular weight excluding hydrogens is 384 g/mol. The van der Waals surface area contributed by atoms with Gasteiger partial charge in [0, 0.05) is 22.0 Å². The SMILES string of the molecule is CCOC(=O)c1csc(CN(C(=O)c2cccc(Cl)c2)C2CCCCC2)n1. The highest BCUT2D eigenvalue weighted by Crippen LogP contribution is 2.27. The maximum Gasteiger partial charge on any atom is 0.357 e. The van der Waals surface area contributed by atoms with Crippen molar-refractivity contribution in [2.45, 2.75) is 51.6 Å². The van der Waals surface area contributed by atoms with Crippen LogP contribution in [0, 0.1) is 0 Å². The molecule has 0 bridgehead atoms. The van der Waals surface area contributed by atoms with E-state index in [-0.39, 0.29) is 11.9 Å². The highest BCUT2D eigenvalue weighted by atomic mass is 35.5. The van der Waals surface area contributed by atoms with Crippen LogP contribution in [0.5, 0.6) is 0 Å². The van der Waals surface area contributed by atoms with Gasteiger partial charge in [0.2, 0.25) is 0 Å². The number of esters is 1. The van der Waals surface area contributed by atoms with Gasteiger partial charge in [0.05, 0.1) is 13.2 Å². The zero-order valence-corrected chi connectivity index (χ0v) is 16.9. The van der Waals surface area contributed by atoms with Crippen molar-refractivity contribution in [3.63, 3.8) is 0 Å². The summed E-state index contributed by atoms with van der Waals surface area (Å²) >= 11 is 7.45. The predicted molar refractivity (Wildman–Crippen MR) is 106 cm³/mol. The molecule has 0 spiro atoms. The topological polar surface area (TPSA) is 59.5 Å². The molecular formula is C20H23ClN2O3S. The second kappa shape index (κ2) is 9.33. The Kier molecular flexibility index (Phi) is 6.85. The minimum Gasteiger partial charge on any atom is -0.461 e. The third-order valence-corrected chi connectivity index (χ3v) is 5.76. The highest BCUT2D eigenvalue weighted by Gasteiger charge is 2.27. The fourth-order valence-corrected chi connectivity index (χ4v) is 4.33. The van der Waals surface area contributed by atoms with Crippen molar-refractivity contribution in [1.29, 1.82) is 0 Å². The lowest BCUT2D eigenvalue weighted by atomic mass is 9.93. The largest absolute Gasteiger partial charge is 0.461 e. The molecule has 0 aliphatic heterocycles. The number of ether oxygens (including phenoxy) is 1. The summed E-state index contributed by atoms with van der Waals surface area (Å²) in [5, 5.41) is 2.97. The Balaban J connectivity index is 1.82. The average Bonchev–Trinajstić information content (AvgIpc) is 3.15. The van der Waals surface area contributed by atoms with Crippen molar-refractivity contribution in [3.8, 4) is 0 Å². The molecule has 1 aliphatic rings. The lowest BCUT2D eigenvalue weighted by molar-refractivity contribution is 0.0520. The number of rotatable bonds is 6. The zero-order valence-electron chi connectivity index (χ0n) is 15.3. The molecule has 0 unspecified atom stereocenters. The number of carbonyl (C=O) groups excluding carboxylic acids is 2. The van der Waals surface area contributed by atoms with E-state index in [0.29, 0.717) is 29.4 Å². The maximum atomic E-state index is 13.2. The van der Waals surface area contributed by atoms with E-state index in [2.05, 4.69) is 4.98 Å². The molecule has 3 rings (SSSR count). The summed E-state index contributed by atoms with van der Waals surface area (Å²) in [6, 6.07) is 7.22. The molecule has 1 saturated carbocycles. The van der Waals surface area contributed by atoms with E-state index in [1.54, 1.807) is 36.6 Å². The minimum absolute atomic E-state index is 0.0442. The van der Waals surface area contributed by atoms with Crippen molar-refractivity contribution in [3.05, 3.63) is 50.9 Å².